The van der Waals surface area contributed by atoms with Gasteiger partial charge in [-0.05, 0) is 47.4 Å². The fourth-order valence-corrected chi connectivity index (χ4v) is 3.50. The minimum Gasteiger partial charge on any atom is -0.454 e. The number of hydrogen-bond acceptors (Lipinski definition) is 3. The average molecular weight is 389 g/mol. The number of nitrogens with one attached hydrogen (secondary N) is 1. The molecule has 0 aliphatic carbocycles. The second-order valence-electron chi connectivity index (χ2n) is 6.98. The first-order valence-electron chi connectivity index (χ1n) is 9.52. The second kappa shape index (κ2) is 8.27. The molecule has 5 heteroatoms. The first kappa shape index (κ1) is 18.9. The Kier molecular flexibility index (Phi) is 5.38. The number of halogens is 1. The van der Waals surface area contributed by atoms with Crippen LogP contribution in [0.4, 0.5) is 4.39 Å². The summed E-state index contributed by atoms with van der Waals surface area (Å²) in [5.74, 6) is -0.910. The summed E-state index contributed by atoms with van der Waals surface area (Å²) in [6, 6.07) is 21.0. The lowest BCUT2D eigenvalue weighted by molar-refractivity contribution is 0.0252. The summed E-state index contributed by atoms with van der Waals surface area (Å²) in [5.41, 5.74) is 3.23. The molecule has 1 N–H and O–H groups in total. The number of ether oxygens (including phenoxy) is 1. The first-order chi connectivity index (χ1) is 14.1. The van der Waals surface area contributed by atoms with E-state index in [-0.39, 0.29) is 23.8 Å². The Morgan fingerprint density at radius 1 is 1.03 bits per heavy atom. The third-order valence-electron chi connectivity index (χ3n) is 5.05. The van der Waals surface area contributed by atoms with Crippen LogP contribution in [-0.2, 0) is 17.6 Å². The lowest BCUT2D eigenvalue weighted by Gasteiger charge is -2.25. The van der Waals surface area contributed by atoms with Crippen LogP contribution in [0.15, 0.2) is 72.8 Å². The molecule has 3 aromatic rings. The number of benzene rings is 3. The summed E-state index contributed by atoms with van der Waals surface area (Å²) < 4.78 is 19.2. The van der Waals surface area contributed by atoms with Gasteiger partial charge in [0.05, 0.1) is 5.56 Å². The molecule has 1 heterocycles. The summed E-state index contributed by atoms with van der Waals surface area (Å²) in [6.45, 7) is 0.325. The van der Waals surface area contributed by atoms with Crippen molar-refractivity contribution in [3.63, 3.8) is 0 Å². The van der Waals surface area contributed by atoms with Crippen LogP contribution in [0.5, 0.6) is 0 Å². The Bertz CT molecular complexity index is 1050. The molecule has 29 heavy (non-hydrogen) atoms. The molecule has 4 nitrogen and oxygen atoms in total. The topological polar surface area (TPSA) is 55.4 Å². The molecule has 1 aliphatic rings. The standard InChI is InChI=1S/C24H20FNO3/c25-21-9-5-4-6-16(21)12-13-26-23(27)18-10-11-20-19(14-18)15-22(29-24(20)28)17-7-2-1-3-8-17/h1-11,14,22H,12-13,15H2,(H,26,27)/t22-/m1/s1. The van der Waals surface area contributed by atoms with Crippen molar-refractivity contribution in [3.8, 4) is 0 Å². The number of hydrogen-bond donors (Lipinski definition) is 1. The third kappa shape index (κ3) is 4.19. The molecule has 1 aliphatic heterocycles. The van der Waals surface area contributed by atoms with Crippen molar-refractivity contribution in [2.75, 3.05) is 6.54 Å². The average Bonchev–Trinajstić information content (AvgIpc) is 2.75. The van der Waals surface area contributed by atoms with Crippen molar-refractivity contribution in [2.24, 2.45) is 0 Å². The van der Waals surface area contributed by atoms with Gasteiger partial charge in [0, 0.05) is 18.5 Å². The van der Waals surface area contributed by atoms with Gasteiger partial charge >= 0.3 is 5.97 Å². The van der Waals surface area contributed by atoms with Crippen LogP contribution in [0.25, 0.3) is 0 Å². The number of carbonyl (C=O) groups is 2. The minimum absolute atomic E-state index is 0.251. The maximum absolute atomic E-state index is 13.7. The molecular formula is C24H20FNO3. The maximum atomic E-state index is 13.7. The van der Waals surface area contributed by atoms with Gasteiger partial charge in [-0.2, -0.15) is 0 Å². The Morgan fingerprint density at radius 3 is 2.59 bits per heavy atom. The molecule has 0 unspecified atom stereocenters. The van der Waals surface area contributed by atoms with E-state index in [0.717, 1.165) is 11.1 Å². The second-order valence-corrected chi connectivity index (χ2v) is 6.98. The van der Waals surface area contributed by atoms with E-state index in [1.54, 1.807) is 36.4 Å². The van der Waals surface area contributed by atoms with E-state index in [2.05, 4.69) is 5.32 Å². The zero-order valence-electron chi connectivity index (χ0n) is 15.7. The number of esters is 1. The fourth-order valence-electron chi connectivity index (χ4n) is 3.50. The first-order valence-corrected chi connectivity index (χ1v) is 9.52. The molecule has 0 saturated heterocycles. The van der Waals surface area contributed by atoms with Crippen LogP contribution < -0.4 is 5.32 Å². The Morgan fingerprint density at radius 2 is 1.79 bits per heavy atom. The van der Waals surface area contributed by atoms with E-state index in [0.29, 0.717) is 36.1 Å². The van der Waals surface area contributed by atoms with Crippen molar-refractivity contribution in [3.05, 3.63) is 106 Å². The van der Waals surface area contributed by atoms with E-state index in [1.165, 1.54) is 6.07 Å². The van der Waals surface area contributed by atoms with E-state index in [9.17, 15) is 14.0 Å². The lowest BCUT2D eigenvalue weighted by atomic mass is 9.93. The van der Waals surface area contributed by atoms with Gasteiger partial charge in [-0.3, -0.25) is 4.79 Å². The van der Waals surface area contributed by atoms with Crippen molar-refractivity contribution in [1.29, 1.82) is 0 Å². The van der Waals surface area contributed by atoms with Gasteiger partial charge in [0.1, 0.15) is 11.9 Å². The van der Waals surface area contributed by atoms with Crippen molar-refractivity contribution in [2.45, 2.75) is 18.9 Å². The summed E-state index contributed by atoms with van der Waals surface area (Å²) in [6.07, 6.45) is 0.559. The van der Waals surface area contributed by atoms with Gasteiger partial charge in [-0.25, -0.2) is 9.18 Å². The van der Waals surface area contributed by atoms with Gasteiger partial charge in [-0.15, -0.1) is 0 Å². The Balaban J connectivity index is 1.45. The van der Waals surface area contributed by atoms with Crippen LogP contribution in [0.1, 0.15) is 43.5 Å². The summed E-state index contributed by atoms with van der Waals surface area (Å²) in [5, 5.41) is 2.81. The smallest absolute Gasteiger partial charge is 0.339 e. The van der Waals surface area contributed by atoms with Crippen LogP contribution in [-0.4, -0.2) is 18.4 Å². The minimum atomic E-state index is -0.383. The molecule has 4 rings (SSSR count). The highest BCUT2D eigenvalue weighted by atomic mass is 19.1. The molecule has 0 radical (unpaired) electrons. The summed E-state index contributed by atoms with van der Waals surface area (Å²) in [7, 11) is 0. The predicted octanol–water partition coefficient (Wildman–Crippen LogP) is 4.25. The van der Waals surface area contributed by atoms with Crippen LogP contribution >= 0.6 is 0 Å². The molecule has 1 atom stereocenters. The number of rotatable bonds is 5. The predicted molar refractivity (Wildman–Crippen MR) is 107 cm³/mol. The number of cyclic esters (lactones) is 1. The van der Waals surface area contributed by atoms with Crippen LogP contribution in [0.2, 0.25) is 0 Å². The molecule has 0 saturated carbocycles. The summed E-state index contributed by atoms with van der Waals surface area (Å²) in [4.78, 5) is 24.9. The highest BCUT2D eigenvalue weighted by Crippen LogP contribution is 2.31. The Labute approximate surface area is 168 Å². The van der Waals surface area contributed by atoms with Crippen LogP contribution in [0, 0.1) is 5.82 Å². The van der Waals surface area contributed by atoms with Gasteiger partial charge in [0.15, 0.2) is 0 Å². The van der Waals surface area contributed by atoms with Gasteiger partial charge in [-0.1, -0.05) is 48.5 Å². The molecular weight excluding hydrogens is 369 g/mol. The van der Waals surface area contributed by atoms with Gasteiger partial charge < -0.3 is 10.1 Å². The SMILES string of the molecule is O=C(NCCc1ccccc1F)c1ccc2c(c1)C[C@H](c1ccccc1)OC2=O. The largest absolute Gasteiger partial charge is 0.454 e. The molecule has 0 bridgehead atoms. The molecule has 0 spiro atoms. The Hall–Kier alpha value is -3.47. The highest BCUT2D eigenvalue weighted by molar-refractivity contribution is 5.97. The normalized spacial score (nSPS) is 15.3. The number of fused-ring (bicyclic) bond motifs is 1. The lowest BCUT2D eigenvalue weighted by Crippen LogP contribution is -2.27. The van der Waals surface area contributed by atoms with Crippen LogP contribution in [0.3, 0.4) is 0 Å². The summed E-state index contributed by atoms with van der Waals surface area (Å²) >= 11 is 0. The zero-order valence-corrected chi connectivity index (χ0v) is 15.7. The van der Waals surface area contributed by atoms with Crippen molar-refractivity contribution in [1.82, 2.24) is 5.32 Å². The third-order valence-corrected chi connectivity index (χ3v) is 5.05. The van der Waals surface area contributed by atoms with E-state index < -0.39 is 0 Å². The monoisotopic (exact) mass is 389 g/mol. The van der Waals surface area contributed by atoms with Crippen molar-refractivity contribution < 1.29 is 18.7 Å². The molecule has 146 valence electrons. The van der Waals surface area contributed by atoms with Gasteiger partial charge in [0.2, 0.25) is 0 Å². The quantitative estimate of drug-likeness (QED) is 0.664. The fraction of sp³-hybridized carbons (Fsp3) is 0.167. The van der Waals surface area contributed by atoms with E-state index >= 15 is 0 Å². The van der Waals surface area contributed by atoms with Gasteiger partial charge in [0.25, 0.3) is 5.91 Å². The number of carbonyl (C=O) groups excluding carboxylic acids is 2. The molecule has 3 aromatic carbocycles. The van der Waals surface area contributed by atoms with Crippen molar-refractivity contribution >= 4 is 11.9 Å². The molecule has 0 fully saturated rings. The van der Waals surface area contributed by atoms with E-state index in [1.807, 2.05) is 30.3 Å². The highest BCUT2D eigenvalue weighted by Gasteiger charge is 2.28. The van der Waals surface area contributed by atoms with E-state index in [4.69, 9.17) is 4.74 Å². The zero-order chi connectivity index (χ0) is 20.2. The molecule has 1 amide bonds. The molecule has 0 aromatic heterocycles. The number of amides is 1. The maximum Gasteiger partial charge on any atom is 0.339 e.